The van der Waals surface area contributed by atoms with Gasteiger partial charge in [0.15, 0.2) is 0 Å². The zero-order valence-electron chi connectivity index (χ0n) is 24.4. The highest BCUT2D eigenvalue weighted by Crippen LogP contribution is 2.38. The van der Waals surface area contributed by atoms with Gasteiger partial charge in [-0.05, 0) is 56.6 Å². The predicted molar refractivity (Wildman–Crippen MR) is 165 cm³/mol. The van der Waals surface area contributed by atoms with Crippen LogP contribution in [0.4, 0.5) is 23.0 Å². The topological polar surface area (TPSA) is 111 Å². The molecule has 4 aromatic rings. The zero-order valence-corrected chi connectivity index (χ0v) is 24.4. The SMILES string of the molecule is C=CC(O)Nc1cc(Nc2nccc(-n3ccc4cc(C(=O)N(C)C)ccc43)n2)c(OC)cc1N(C)CCN(C)C. The predicted octanol–water partition coefficient (Wildman–Crippen LogP) is 3.79. The lowest BCUT2D eigenvalue weighted by molar-refractivity contribution is 0.0827. The monoisotopic (exact) mass is 558 g/mol. The molecule has 2 aromatic carbocycles. The Kier molecular flexibility index (Phi) is 9.10. The van der Waals surface area contributed by atoms with E-state index in [9.17, 15) is 9.90 Å². The molecule has 0 aliphatic heterocycles. The first-order valence-electron chi connectivity index (χ1n) is 13.2. The molecule has 0 radical (unpaired) electrons. The van der Waals surface area contributed by atoms with Crippen molar-refractivity contribution in [1.29, 1.82) is 0 Å². The van der Waals surface area contributed by atoms with Crippen molar-refractivity contribution in [3.8, 4) is 11.6 Å². The summed E-state index contributed by atoms with van der Waals surface area (Å²) in [7, 11) is 11.1. The first-order valence-corrected chi connectivity index (χ1v) is 13.2. The van der Waals surface area contributed by atoms with E-state index in [0.29, 0.717) is 34.5 Å². The maximum Gasteiger partial charge on any atom is 0.253 e. The Morgan fingerprint density at radius 1 is 1.10 bits per heavy atom. The number of fused-ring (bicyclic) bond motifs is 1. The third-order valence-corrected chi connectivity index (χ3v) is 6.62. The van der Waals surface area contributed by atoms with Crippen LogP contribution in [0.25, 0.3) is 16.7 Å². The number of carbonyl (C=O) groups excluding carboxylic acids is 1. The Morgan fingerprint density at radius 3 is 2.56 bits per heavy atom. The third kappa shape index (κ3) is 6.76. The summed E-state index contributed by atoms with van der Waals surface area (Å²) in [6.07, 6.45) is 4.08. The van der Waals surface area contributed by atoms with Crippen LogP contribution in [0, 0.1) is 0 Å². The van der Waals surface area contributed by atoms with Gasteiger partial charge in [0, 0.05) is 63.6 Å². The van der Waals surface area contributed by atoms with Crippen molar-refractivity contribution >= 4 is 39.8 Å². The molecule has 216 valence electrons. The van der Waals surface area contributed by atoms with E-state index in [0.717, 1.165) is 29.7 Å². The first-order chi connectivity index (χ1) is 19.6. The molecule has 2 aromatic heterocycles. The van der Waals surface area contributed by atoms with Crippen molar-refractivity contribution < 1.29 is 14.6 Å². The second-order valence-corrected chi connectivity index (χ2v) is 10.1. The summed E-state index contributed by atoms with van der Waals surface area (Å²) in [4.78, 5) is 27.3. The molecular weight excluding hydrogens is 520 g/mol. The number of aliphatic hydroxyl groups is 1. The number of likely N-dealkylation sites (N-methyl/N-ethyl adjacent to an activating group) is 2. The number of carbonyl (C=O) groups is 1. The molecule has 0 saturated heterocycles. The lowest BCUT2D eigenvalue weighted by Crippen LogP contribution is -2.29. The van der Waals surface area contributed by atoms with Crippen LogP contribution in [0.2, 0.25) is 0 Å². The van der Waals surface area contributed by atoms with Crippen LogP contribution in [0.1, 0.15) is 10.4 Å². The number of anilines is 4. The molecule has 0 saturated carbocycles. The normalized spacial score (nSPS) is 11.8. The van der Waals surface area contributed by atoms with Crippen LogP contribution in [-0.2, 0) is 0 Å². The van der Waals surface area contributed by atoms with Crippen molar-refractivity contribution in [2.45, 2.75) is 6.23 Å². The summed E-state index contributed by atoms with van der Waals surface area (Å²) in [5, 5.41) is 17.6. The van der Waals surface area contributed by atoms with Gasteiger partial charge in [-0.25, -0.2) is 4.98 Å². The van der Waals surface area contributed by atoms with Crippen molar-refractivity contribution in [1.82, 2.24) is 24.3 Å². The summed E-state index contributed by atoms with van der Waals surface area (Å²) in [6, 6.07) is 13.1. The molecule has 41 heavy (non-hydrogen) atoms. The van der Waals surface area contributed by atoms with Gasteiger partial charge in [0.1, 0.15) is 17.8 Å². The second-order valence-electron chi connectivity index (χ2n) is 10.1. The van der Waals surface area contributed by atoms with Crippen molar-refractivity contribution in [2.24, 2.45) is 0 Å². The number of aromatic nitrogens is 3. The lowest BCUT2D eigenvalue weighted by atomic mass is 10.1. The van der Waals surface area contributed by atoms with E-state index in [2.05, 4.69) is 32.0 Å². The van der Waals surface area contributed by atoms with Gasteiger partial charge in [-0.1, -0.05) is 6.58 Å². The van der Waals surface area contributed by atoms with Gasteiger partial charge >= 0.3 is 0 Å². The van der Waals surface area contributed by atoms with Crippen LogP contribution in [0.5, 0.6) is 5.75 Å². The summed E-state index contributed by atoms with van der Waals surface area (Å²) >= 11 is 0. The average molecular weight is 559 g/mol. The van der Waals surface area contributed by atoms with E-state index in [1.165, 1.54) is 6.08 Å². The molecule has 4 rings (SSSR count). The Labute approximate surface area is 240 Å². The fourth-order valence-corrected chi connectivity index (χ4v) is 4.35. The lowest BCUT2D eigenvalue weighted by Gasteiger charge is -2.27. The minimum atomic E-state index is -0.938. The van der Waals surface area contributed by atoms with Crippen LogP contribution in [0.3, 0.4) is 0 Å². The van der Waals surface area contributed by atoms with Gasteiger partial charge in [-0.2, -0.15) is 4.98 Å². The minimum absolute atomic E-state index is 0.0495. The van der Waals surface area contributed by atoms with E-state index >= 15 is 0 Å². The Bertz CT molecular complexity index is 1530. The Hall–Kier alpha value is -4.61. The molecule has 0 spiro atoms. The highest BCUT2D eigenvalue weighted by Gasteiger charge is 2.17. The number of aliphatic hydroxyl groups excluding tert-OH is 1. The van der Waals surface area contributed by atoms with Crippen molar-refractivity contribution in [3.63, 3.8) is 0 Å². The third-order valence-electron chi connectivity index (χ3n) is 6.62. The number of rotatable bonds is 12. The van der Waals surface area contributed by atoms with Gasteiger partial charge in [0.05, 0.1) is 29.7 Å². The molecule has 1 amide bonds. The fraction of sp³-hybridized carbons (Fsp3) is 0.300. The number of nitrogens with zero attached hydrogens (tertiary/aromatic N) is 6. The number of hydrogen-bond acceptors (Lipinski definition) is 9. The van der Waals surface area contributed by atoms with Gasteiger partial charge in [0.2, 0.25) is 5.95 Å². The molecule has 3 N–H and O–H groups in total. The zero-order chi connectivity index (χ0) is 29.7. The van der Waals surface area contributed by atoms with Gasteiger partial charge < -0.3 is 39.7 Å². The second kappa shape index (κ2) is 12.7. The molecule has 0 aliphatic carbocycles. The summed E-state index contributed by atoms with van der Waals surface area (Å²) < 4.78 is 7.67. The molecule has 11 nitrogen and oxygen atoms in total. The number of nitrogens with one attached hydrogen (secondary N) is 2. The number of ether oxygens (including phenoxy) is 1. The molecule has 0 aliphatic rings. The molecule has 1 atom stereocenters. The fourth-order valence-electron chi connectivity index (χ4n) is 4.35. The van der Waals surface area contributed by atoms with Crippen LogP contribution in [-0.4, -0.2) is 97.0 Å². The maximum absolute atomic E-state index is 12.4. The molecule has 2 heterocycles. The smallest absolute Gasteiger partial charge is 0.253 e. The summed E-state index contributed by atoms with van der Waals surface area (Å²) in [5.41, 5.74) is 3.71. The van der Waals surface area contributed by atoms with Gasteiger partial charge in [-0.15, -0.1) is 0 Å². The summed E-state index contributed by atoms with van der Waals surface area (Å²) in [6.45, 7) is 5.30. The Balaban J connectivity index is 1.67. The van der Waals surface area contributed by atoms with Crippen molar-refractivity contribution in [2.75, 3.05) is 71.0 Å². The minimum Gasteiger partial charge on any atom is -0.494 e. The van der Waals surface area contributed by atoms with E-state index in [1.54, 1.807) is 32.3 Å². The highest BCUT2D eigenvalue weighted by atomic mass is 16.5. The largest absolute Gasteiger partial charge is 0.494 e. The first kappa shape index (κ1) is 29.4. The molecule has 0 bridgehead atoms. The molecule has 11 heteroatoms. The standard InChI is InChI=1S/C30H38N8O3/c1-8-28(39)32-22-18-23(26(41-7)19-25(22)37(6)16-15-35(2)3)33-30-31-13-11-27(34-30)38-14-12-20-17-21(9-10-24(20)38)29(40)36(4)5/h8-14,17-19,28,32,39H,1,15-16H2,2-7H3,(H,31,33,34). The Morgan fingerprint density at radius 2 is 1.88 bits per heavy atom. The average Bonchev–Trinajstić information content (AvgIpc) is 3.39. The van der Waals surface area contributed by atoms with E-state index in [1.807, 2.05) is 74.4 Å². The molecular formula is C30H38N8O3. The quantitative estimate of drug-likeness (QED) is 0.177. The van der Waals surface area contributed by atoms with Gasteiger partial charge in [-0.3, -0.25) is 4.79 Å². The van der Waals surface area contributed by atoms with E-state index < -0.39 is 6.23 Å². The summed E-state index contributed by atoms with van der Waals surface area (Å²) in [5.74, 6) is 1.56. The number of hydrogen-bond donors (Lipinski definition) is 3. The number of amides is 1. The molecule has 0 fully saturated rings. The van der Waals surface area contributed by atoms with E-state index in [-0.39, 0.29) is 5.91 Å². The van der Waals surface area contributed by atoms with Crippen molar-refractivity contribution in [3.05, 3.63) is 73.1 Å². The van der Waals surface area contributed by atoms with E-state index in [4.69, 9.17) is 9.72 Å². The maximum atomic E-state index is 12.4. The van der Waals surface area contributed by atoms with Crippen LogP contribution >= 0.6 is 0 Å². The molecule has 1 unspecified atom stereocenters. The van der Waals surface area contributed by atoms with Crippen LogP contribution < -0.4 is 20.3 Å². The highest BCUT2D eigenvalue weighted by molar-refractivity contribution is 5.98. The number of benzene rings is 2. The van der Waals surface area contributed by atoms with Gasteiger partial charge in [0.25, 0.3) is 5.91 Å². The van der Waals surface area contributed by atoms with Crippen LogP contribution in [0.15, 0.2) is 67.5 Å². The number of methoxy groups -OCH3 is 1.